The highest BCUT2D eigenvalue weighted by atomic mass is 32.2. The topological polar surface area (TPSA) is 213 Å². The molecule has 6 rings (SSSR count). The van der Waals surface area contributed by atoms with Gasteiger partial charge in [-0.2, -0.15) is 19.6 Å². The molecular formula is C41H39F2N9O8S. The Hall–Kier alpha value is -6.83. The number of aromatic nitrogens is 4. The number of rotatable bonds is 20. The van der Waals surface area contributed by atoms with Gasteiger partial charge in [-0.05, 0) is 52.6 Å². The second kappa shape index (κ2) is 20.9. The molecule has 0 radical (unpaired) electrons. The van der Waals surface area contributed by atoms with Crippen LogP contribution >= 0.6 is 0 Å². The SMILES string of the molecule is COCCOCCOCCOC(=O)N(Cc1ccc(N=[N+]=[N-])cc1)CS(=O)(=O)Nc1ccccc1-c1c(OC)nc(F)c(-c2ccc3nccc(-c4ccnnc4)c3c2)c1F. The minimum absolute atomic E-state index is 0.00697. The van der Waals surface area contributed by atoms with Crippen molar-refractivity contribution in [1.82, 2.24) is 25.1 Å². The molecule has 6 aromatic rings. The molecule has 316 valence electrons. The summed E-state index contributed by atoms with van der Waals surface area (Å²) >= 11 is 0. The van der Waals surface area contributed by atoms with E-state index in [0.29, 0.717) is 53.1 Å². The van der Waals surface area contributed by atoms with Gasteiger partial charge in [0.05, 0.1) is 81.4 Å². The van der Waals surface area contributed by atoms with Crippen molar-refractivity contribution in [3.05, 3.63) is 125 Å². The first-order chi connectivity index (χ1) is 29.6. The Morgan fingerprint density at radius 3 is 2.33 bits per heavy atom. The highest BCUT2D eigenvalue weighted by molar-refractivity contribution is 7.92. The Morgan fingerprint density at radius 2 is 1.61 bits per heavy atom. The van der Waals surface area contributed by atoms with E-state index >= 15 is 8.78 Å². The summed E-state index contributed by atoms with van der Waals surface area (Å²) in [5.41, 5.74) is 10.6. The van der Waals surface area contributed by atoms with Crippen LogP contribution in [-0.4, -0.2) is 99.3 Å². The van der Waals surface area contributed by atoms with Gasteiger partial charge in [0, 0.05) is 40.4 Å². The van der Waals surface area contributed by atoms with Gasteiger partial charge in [0.25, 0.3) is 10.0 Å². The van der Waals surface area contributed by atoms with Crippen molar-refractivity contribution in [3.63, 3.8) is 0 Å². The number of nitrogens with one attached hydrogen (secondary N) is 1. The van der Waals surface area contributed by atoms with Crippen molar-refractivity contribution in [2.24, 2.45) is 5.11 Å². The summed E-state index contributed by atoms with van der Waals surface area (Å²) in [5, 5.41) is 11.9. The lowest BCUT2D eigenvalue weighted by Gasteiger charge is -2.23. The third-order valence-electron chi connectivity index (χ3n) is 8.95. The Kier molecular flexibility index (Phi) is 15.0. The van der Waals surface area contributed by atoms with Crippen LogP contribution < -0.4 is 9.46 Å². The predicted molar refractivity (Wildman–Crippen MR) is 221 cm³/mol. The number of hydrogen-bond donors (Lipinski definition) is 1. The summed E-state index contributed by atoms with van der Waals surface area (Å²) in [6, 6.07) is 20.1. The molecule has 0 spiro atoms. The lowest BCUT2D eigenvalue weighted by Crippen LogP contribution is -2.38. The molecule has 17 nitrogen and oxygen atoms in total. The molecule has 0 fully saturated rings. The maximum Gasteiger partial charge on any atom is 0.411 e. The van der Waals surface area contributed by atoms with Gasteiger partial charge < -0.3 is 23.7 Å². The molecule has 1 amide bonds. The molecule has 0 saturated heterocycles. The van der Waals surface area contributed by atoms with E-state index in [2.05, 4.69) is 34.9 Å². The molecule has 3 heterocycles. The number of carbonyl (C=O) groups excluding carboxylic acids is 1. The van der Waals surface area contributed by atoms with Crippen LogP contribution in [0.5, 0.6) is 5.88 Å². The molecule has 1 N–H and O–H groups in total. The number of halogens is 2. The van der Waals surface area contributed by atoms with Gasteiger partial charge in [-0.25, -0.2) is 17.6 Å². The maximum atomic E-state index is 17.0. The Labute approximate surface area is 348 Å². The number of para-hydroxylation sites is 1. The van der Waals surface area contributed by atoms with Crippen molar-refractivity contribution in [3.8, 4) is 39.3 Å². The number of hydrogen-bond acceptors (Lipinski definition) is 13. The number of methoxy groups -OCH3 is 2. The van der Waals surface area contributed by atoms with Crippen LogP contribution in [0.15, 0.2) is 103 Å². The second-order valence-electron chi connectivity index (χ2n) is 13.0. The van der Waals surface area contributed by atoms with Crippen LogP contribution in [0.25, 0.3) is 54.7 Å². The highest BCUT2D eigenvalue weighted by Crippen LogP contribution is 2.42. The number of carbonyl (C=O) groups is 1. The number of benzene rings is 3. The smallest absolute Gasteiger partial charge is 0.411 e. The van der Waals surface area contributed by atoms with Crippen LogP contribution in [0, 0.1) is 11.8 Å². The van der Waals surface area contributed by atoms with Gasteiger partial charge in [-0.15, -0.1) is 0 Å². The minimum atomic E-state index is -4.48. The number of pyridine rings is 2. The summed E-state index contributed by atoms with van der Waals surface area (Å²) in [6.45, 7) is 0.905. The quantitative estimate of drug-likeness (QED) is 0.0258. The first-order valence-electron chi connectivity index (χ1n) is 18.5. The molecule has 0 atom stereocenters. The molecule has 0 saturated carbocycles. The molecule has 61 heavy (non-hydrogen) atoms. The number of azide groups is 1. The van der Waals surface area contributed by atoms with E-state index in [-0.39, 0.29) is 48.7 Å². The van der Waals surface area contributed by atoms with Gasteiger partial charge in [-0.3, -0.25) is 14.6 Å². The zero-order chi connectivity index (χ0) is 43.2. The third-order valence-corrected chi connectivity index (χ3v) is 10.1. The number of ether oxygens (including phenoxy) is 5. The summed E-state index contributed by atoms with van der Waals surface area (Å²) in [5.74, 6) is -3.62. The van der Waals surface area contributed by atoms with Crippen LogP contribution in [-0.2, 0) is 35.5 Å². The molecule has 0 aliphatic rings. The maximum absolute atomic E-state index is 17.0. The average molecular weight is 856 g/mol. The fraction of sp³-hybridized carbons (Fsp3) is 0.244. The van der Waals surface area contributed by atoms with Crippen LogP contribution in [0.4, 0.5) is 25.0 Å². The van der Waals surface area contributed by atoms with Crippen molar-refractivity contribution >= 4 is 38.4 Å². The van der Waals surface area contributed by atoms with Gasteiger partial charge in [0.2, 0.25) is 11.8 Å². The summed E-state index contributed by atoms with van der Waals surface area (Å²) in [6.07, 6.45) is 3.71. The monoisotopic (exact) mass is 855 g/mol. The van der Waals surface area contributed by atoms with Crippen molar-refractivity contribution in [1.29, 1.82) is 0 Å². The molecule has 3 aromatic heterocycles. The van der Waals surface area contributed by atoms with E-state index in [4.69, 9.17) is 29.2 Å². The Bertz CT molecular complexity index is 2620. The first kappa shape index (κ1) is 43.7. The van der Waals surface area contributed by atoms with E-state index in [1.54, 1.807) is 55.9 Å². The van der Waals surface area contributed by atoms with Gasteiger partial charge in [-0.1, -0.05) is 53.6 Å². The normalized spacial score (nSPS) is 11.2. The molecule has 0 unspecified atom stereocenters. The van der Waals surface area contributed by atoms with Crippen LogP contribution in [0.2, 0.25) is 0 Å². The number of nitrogens with zero attached hydrogens (tertiary/aromatic N) is 8. The molecule has 0 aliphatic heterocycles. The highest BCUT2D eigenvalue weighted by Gasteiger charge is 2.28. The zero-order valence-corrected chi connectivity index (χ0v) is 33.7. The van der Waals surface area contributed by atoms with E-state index in [9.17, 15) is 13.2 Å². The van der Waals surface area contributed by atoms with Crippen molar-refractivity contribution < 1.29 is 45.7 Å². The molecule has 0 aliphatic carbocycles. The number of sulfonamides is 1. The minimum Gasteiger partial charge on any atom is -0.480 e. The fourth-order valence-electron chi connectivity index (χ4n) is 6.18. The number of fused-ring (bicyclic) bond motifs is 1. The average Bonchev–Trinajstić information content (AvgIpc) is 3.26. The summed E-state index contributed by atoms with van der Waals surface area (Å²) in [7, 11) is -1.74. The lowest BCUT2D eigenvalue weighted by atomic mass is 9.96. The molecule has 3 aromatic carbocycles. The fourth-order valence-corrected chi connectivity index (χ4v) is 7.37. The lowest BCUT2D eigenvalue weighted by molar-refractivity contribution is 0.00979. The van der Waals surface area contributed by atoms with Gasteiger partial charge >= 0.3 is 6.09 Å². The summed E-state index contributed by atoms with van der Waals surface area (Å²) < 4.78 is 89.6. The van der Waals surface area contributed by atoms with E-state index in [0.717, 1.165) is 4.90 Å². The standard InChI is InChI=1S/C41H39F2N9O8S/c1-56-17-18-58-19-20-59-21-22-60-41(53)52(25-27-7-10-30(11-8-27)49-51-44)26-61(54,55)50-35-6-4-3-5-32(35)37-38(42)36(39(43)48-40(37)57-2)28-9-12-34-33(23-28)31(14-15-45-34)29-13-16-46-47-24-29/h3-16,23-24,50H,17-22,25-26H2,1-2H3. The van der Waals surface area contributed by atoms with Crippen molar-refractivity contribution in [2.75, 3.05) is 64.5 Å². The Balaban J connectivity index is 1.28. The molecule has 20 heteroatoms. The summed E-state index contributed by atoms with van der Waals surface area (Å²) in [4.78, 5) is 25.4. The molecular weight excluding hydrogens is 817 g/mol. The van der Waals surface area contributed by atoms with E-state index < -0.39 is 45.2 Å². The number of amides is 1. The Morgan fingerprint density at radius 1 is 0.852 bits per heavy atom. The van der Waals surface area contributed by atoms with Crippen LogP contribution in [0.3, 0.4) is 0 Å². The van der Waals surface area contributed by atoms with Gasteiger partial charge in [0.15, 0.2) is 0 Å². The number of anilines is 1. The van der Waals surface area contributed by atoms with E-state index in [1.165, 1.54) is 55.8 Å². The zero-order valence-electron chi connectivity index (χ0n) is 32.9. The van der Waals surface area contributed by atoms with E-state index in [1.807, 2.05) is 0 Å². The predicted octanol–water partition coefficient (Wildman–Crippen LogP) is 7.67. The van der Waals surface area contributed by atoms with Crippen LogP contribution in [0.1, 0.15) is 5.56 Å². The third kappa shape index (κ3) is 11.3. The molecule has 0 bridgehead atoms. The van der Waals surface area contributed by atoms with Gasteiger partial charge in [0.1, 0.15) is 18.3 Å². The first-order valence-corrected chi connectivity index (χ1v) is 20.2. The second-order valence-corrected chi connectivity index (χ2v) is 14.7. The van der Waals surface area contributed by atoms with Crippen molar-refractivity contribution in [2.45, 2.75) is 6.54 Å². The largest absolute Gasteiger partial charge is 0.480 e.